The third kappa shape index (κ3) is 4.73. The van der Waals surface area contributed by atoms with Gasteiger partial charge in [-0.2, -0.15) is 13.2 Å². The van der Waals surface area contributed by atoms with Gasteiger partial charge in [0.15, 0.2) is 0 Å². The lowest BCUT2D eigenvalue weighted by atomic mass is 9.95. The smallest absolute Gasteiger partial charge is 0.355 e. The number of halogens is 4. The van der Waals surface area contributed by atoms with E-state index in [2.05, 4.69) is 15.3 Å². The molecular formula is C19H20ClF3N4O. The number of hydrogen-bond acceptors (Lipinski definition) is 4. The third-order valence-electron chi connectivity index (χ3n) is 4.88. The molecule has 1 saturated heterocycles. The van der Waals surface area contributed by atoms with E-state index in [1.165, 1.54) is 0 Å². The first kappa shape index (κ1) is 20.4. The minimum atomic E-state index is -4.48. The first-order valence-electron chi connectivity index (χ1n) is 8.93. The van der Waals surface area contributed by atoms with Crippen LogP contribution in [0.2, 0.25) is 5.02 Å². The molecule has 150 valence electrons. The Labute approximate surface area is 165 Å². The van der Waals surface area contributed by atoms with E-state index in [0.717, 1.165) is 17.8 Å². The summed E-state index contributed by atoms with van der Waals surface area (Å²) in [6, 6.07) is 4.47. The van der Waals surface area contributed by atoms with Gasteiger partial charge in [0.25, 0.3) is 0 Å². The molecule has 3 rings (SSSR count). The van der Waals surface area contributed by atoms with Crippen LogP contribution in [0, 0.1) is 5.92 Å². The van der Waals surface area contributed by atoms with Crippen LogP contribution in [0.4, 0.5) is 19.0 Å². The minimum absolute atomic E-state index is 0.0320. The SMILES string of the molecule is C[C@H](NC(=O)C1CCN(c2ncc(C(F)(F)F)cc2Cl)CC1)c1ccncc1. The highest BCUT2D eigenvalue weighted by atomic mass is 35.5. The summed E-state index contributed by atoms with van der Waals surface area (Å²) in [6.45, 7) is 2.91. The fourth-order valence-electron chi connectivity index (χ4n) is 3.24. The maximum atomic E-state index is 12.7. The van der Waals surface area contributed by atoms with Crippen molar-refractivity contribution in [3.05, 3.63) is 52.9 Å². The van der Waals surface area contributed by atoms with Gasteiger partial charge in [-0.05, 0) is 43.5 Å². The number of piperidine rings is 1. The largest absolute Gasteiger partial charge is 0.417 e. The van der Waals surface area contributed by atoms with Crippen LogP contribution in [0.25, 0.3) is 0 Å². The topological polar surface area (TPSA) is 58.1 Å². The van der Waals surface area contributed by atoms with E-state index < -0.39 is 11.7 Å². The van der Waals surface area contributed by atoms with Gasteiger partial charge in [0.1, 0.15) is 5.82 Å². The van der Waals surface area contributed by atoms with E-state index in [1.807, 2.05) is 24.0 Å². The standard InChI is InChI=1S/C19H20ClF3N4O/c1-12(13-2-6-24-7-3-13)26-18(28)14-4-8-27(9-5-14)17-16(20)10-15(11-25-17)19(21,22)23/h2-3,6-7,10-12,14H,4-5,8-9H2,1H3,(H,26,28)/t12-/m0/s1. The number of carbonyl (C=O) groups is 1. The Balaban J connectivity index is 1.58. The van der Waals surface area contributed by atoms with Gasteiger partial charge in [-0.3, -0.25) is 9.78 Å². The Hall–Kier alpha value is -2.35. The van der Waals surface area contributed by atoms with Crippen molar-refractivity contribution < 1.29 is 18.0 Å². The van der Waals surface area contributed by atoms with Gasteiger partial charge in [-0.15, -0.1) is 0 Å². The van der Waals surface area contributed by atoms with E-state index in [0.29, 0.717) is 31.7 Å². The normalized spacial score (nSPS) is 16.7. The highest BCUT2D eigenvalue weighted by Crippen LogP contribution is 2.34. The van der Waals surface area contributed by atoms with Crippen LogP contribution in [0.15, 0.2) is 36.8 Å². The molecule has 0 spiro atoms. The maximum absolute atomic E-state index is 12.7. The summed E-state index contributed by atoms with van der Waals surface area (Å²) in [6.07, 6.45) is 0.818. The van der Waals surface area contributed by atoms with Crippen LogP contribution in [-0.2, 0) is 11.0 Å². The van der Waals surface area contributed by atoms with Crippen LogP contribution >= 0.6 is 11.6 Å². The quantitative estimate of drug-likeness (QED) is 0.816. The Morgan fingerprint density at radius 2 is 1.93 bits per heavy atom. The van der Waals surface area contributed by atoms with E-state index in [-0.39, 0.29) is 22.9 Å². The summed E-state index contributed by atoms with van der Waals surface area (Å²) in [4.78, 5) is 22.2. The number of nitrogens with one attached hydrogen (secondary N) is 1. The molecule has 1 fully saturated rings. The molecule has 28 heavy (non-hydrogen) atoms. The number of pyridine rings is 2. The summed E-state index contributed by atoms with van der Waals surface area (Å²) < 4.78 is 38.2. The molecular weight excluding hydrogens is 393 g/mol. The molecule has 0 bridgehead atoms. The Bertz CT molecular complexity index is 824. The maximum Gasteiger partial charge on any atom is 0.417 e. The number of aromatic nitrogens is 2. The molecule has 2 aromatic rings. The van der Waals surface area contributed by atoms with Crippen LogP contribution in [0.5, 0.6) is 0 Å². The van der Waals surface area contributed by atoms with Crippen molar-refractivity contribution in [2.45, 2.75) is 32.0 Å². The predicted octanol–water partition coefficient (Wildman–Crippen LogP) is 4.24. The number of nitrogens with zero attached hydrogens (tertiary/aromatic N) is 3. The summed E-state index contributed by atoms with van der Waals surface area (Å²) in [7, 11) is 0. The fourth-order valence-corrected chi connectivity index (χ4v) is 3.52. The molecule has 2 aromatic heterocycles. The van der Waals surface area contributed by atoms with Crippen molar-refractivity contribution in [2.75, 3.05) is 18.0 Å². The minimum Gasteiger partial charge on any atom is -0.355 e. The van der Waals surface area contributed by atoms with Crippen molar-refractivity contribution in [1.29, 1.82) is 0 Å². The van der Waals surface area contributed by atoms with Crippen LogP contribution in [0.3, 0.4) is 0 Å². The summed E-state index contributed by atoms with van der Waals surface area (Å²) in [5, 5.41) is 2.97. The van der Waals surface area contributed by atoms with Crippen molar-refractivity contribution in [3.63, 3.8) is 0 Å². The lowest BCUT2D eigenvalue weighted by molar-refractivity contribution is -0.137. The van der Waals surface area contributed by atoms with E-state index in [1.54, 1.807) is 12.4 Å². The van der Waals surface area contributed by atoms with Gasteiger partial charge in [-0.1, -0.05) is 11.6 Å². The zero-order chi connectivity index (χ0) is 20.3. The predicted molar refractivity (Wildman–Crippen MR) is 100.0 cm³/mol. The van der Waals surface area contributed by atoms with Crippen molar-refractivity contribution in [1.82, 2.24) is 15.3 Å². The Morgan fingerprint density at radius 3 is 2.50 bits per heavy atom. The highest BCUT2D eigenvalue weighted by molar-refractivity contribution is 6.33. The van der Waals surface area contributed by atoms with Gasteiger partial charge in [-0.25, -0.2) is 4.98 Å². The van der Waals surface area contributed by atoms with Gasteiger partial charge in [0.2, 0.25) is 5.91 Å². The number of amides is 1. The molecule has 1 aliphatic heterocycles. The molecule has 1 N–H and O–H groups in total. The molecule has 0 saturated carbocycles. The number of alkyl halides is 3. The Kier molecular flexibility index (Phi) is 6.07. The fraction of sp³-hybridized carbons (Fsp3) is 0.421. The molecule has 9 heteroatoms. The summed E-state index contributed by atoms with van der Waals surface area (Å²) >= 11 is 6.02. The lowest BCUT2D eigenvalue weighted by Gasteiger charge is -2.33. The van der Waals surface area contributed by atoms with Crippen LogP contribution in [0.1, 0.15) is 36.9 Å². The first-order valence-corrected chi connectivity index (χ1v) is 9.31. The van der Waals surface area contributed by atoms with E-state index in [4.69, 9.17) is 11.6 Å². The van der Waals surface area contributed by atoms with Gasteiger partial charge in [0.05, 0.1) is 16.6 Å². The summed E-state index contributed by atoms with van der Waals surface area (Å²) in [5.41, 5.74) is 0.0992. The second-order valence-corrected chi connectivity index (χ2v) is 7.21. The molecule has 1 amide bonds. The molecule has 0 radical (unpaired) electrons. The Morgan fingerprint density at radius 1 is 1.29 bits per heavy atom. The first-order chi connectivity index (χ1) is 13.3. The average molecular weight is 413 g/mol. The molecule has 1 atom stereocenters. The number of carbonyl (C=O) groups excluding carboxylic acids is 1. The molecule has 0 unspecified atom stereocenters. The molecule has 3 heterocycles. The highest BCUT2D eigenvalue weighted by Gasteiger charge is 2.33. The second-order valence-electron chi connectivity index (χ2n) is 6.80. The molecule has 0 aliphatic carbocycles. The van der Waals surface area contributed by atoms with E-state index >= 15 is 0 Å². The van der Waals surface area contributed by atoms with Crippen molar-refractivity contribution >= 4 is 23.3 Å². The zero-order valence-corrected chi connectivity index (χ0v) is 16.0. The van der Waals surface area contributed by atoms with Crippen molar-refractivity contribution in [2.24, 2.45) is 5.92 Å². The monoisotopic (exact) mass is 412 g/mol. The van der Waals surface area contributed by atoms with Gasteiger partial charge < -0.3 is 10.2 Å². The number of hydrogen-bond donors (Lipinski definition) is 1. The third-order valence-corrected chi connectivity index (χ3v) is 5.16. The number of rotatable bonds is 4. The van der Waals surface area contributed by atoms with Crippen LogP contribution in [-0.4, -0.2) is 29.0 Å². The number of anilines is 1. The van der Waals surface area contributed by atoms with Crippen molar-refractivity contribution in [3.8, 4) is 0 Å². The molecule has 0 aromatic carbocycles. The van der Waals surface area contributed by atoms with Gasteiger partial charge in [0, 0.05) is 37.6 Å². The lowest BCUT2D eigenvalue weighted by Crippen LogP contribution is -2.41. The summed E-state index contributed by atoms with van der Waals surface area (Å²) in [5.74, 6) is 0.128. The van der Waals surface area contributed by atoms with E-state index in [9.17, 15) is 18.0 Å². The molecule has 1 aliphatic rings. The second kappa shape index (κ2) is 8.34. The average Bonchev–Trinajstić information content (AvgIpc) is 2.68. The zero-order valence-electron chi connectivity index (χ0n) is 15.2. The molecule has 5 nitrogen and oxygen atoms in total. The van der Waals surface area contributed by atoms with Crippen LogP contribution < -0.4 is 10.2 Å². The van der Waals surface area contributed by atoms with Gasteiger partial charge >= 0.3 is 6.18 Å².